The number of nitrogens with zero attached hydrogens (tertiary/aromatic N) is 1. The van der Waals surface area contributed by atoms with Gasteiger partial charge >= 0.3 is 0 Å². The predicted molar refractivity (Wildman–Crippen MR) is 71.5 cm³/mol. The van der Waals surface area contributed by atoms with E-state index in [2.05, 4.69) is 32.6 Å². The molecule has 1 aliphatic rings. The highest BCUT2D eigenvalue weighted by molar-refractivity contribution is 4.85. The standard InChI is InChI=1S/C14H30N2/c1-5-12-7-8-13(9-12)16(6-2)11-14(3,4)10-15/h12-13H,5-11,15H2,1-4H3. The SMILES string of the molecule is CCC1CCC(N(CC)CC(C)(C)CN)C1. The molecule has 2 unspecified atom stereocenters. The molecule has 1 aliphatic carbocycles. The summed E-state index contributed by atoms with van der Waals surface area (Å²) in [5, 5.41) is 0. The topological polar surface area (TPSA) is 29.3 Å². The van der Waals surface area contributed by atoms with Crippen molar-refractivity contribution in [3.8, 4) is 0 Å². The van der Waals surface area contributed by atoms with Gasteiger partial charge in [-0.1, -0.05) is 34.1 Å². The van der Waals surface area contributed by atoms with Gasteiger partial charge in [0.25, 0.3) is 0 Å². The molecule has 96 valence electrons. The van der Waals surface area contributed by atoms with Gasteiger partial charge in [0.15, 0.2) is 0 Å². The largest absolute Gasteiger partial charge is 0.330 e. The van der Waals surface area contributed by atoms with E-state index in [0.717, 1.165) is 25.0 Å². The van der Waals surface area contributed by atoms with E-state index in [4.69, 9.17) is 5.73 Å². The van der Waals surface area contributed by atoms with Crippen molar-refractivity contribution in [1.82, 2.24) is 4.90 Å². The third-order valence-corrected chi connectivity index (χ3v) is 4.20. The van der Waals surface area contributed by atoms with E-state index >= 15 is 0 Å². The molecule has 0 saturated heterocycles. The molecule has 1 fully saturated rings. The predicted octanol–water partition coefficient (Wildman–Crippen LogP) is 2.87. The monoisotopic (exact) mass is 226 g/mol. The van der Waals surface area contributed by atoms with Gasteiger partial charge in [-0.2, -0.15) is 0 Å². The van der Waals surface area contributed by atoms with Crippen molar-refractivity contribution >= 4 is 0 Å². The molecule has 0 aliphatic heterocycles. The molecular weight excluding hydrogens is 196 g/mol. The van der Waals surface area contributed by atoms with Gasteiger partial charge in [0.2, 0.25) is 0 Å². The van der Waals surface area contributed by atoms with Crippen molar-refractivity contribution in [2.45, 2.75) is 59.4 Å². The fraction of sp³-hybridized carbons (Fsp3) is 1.00. The van der Waals surface area contributed by atoms with Crippen LogP contribution < -0.4 is 5.73 Å². The van der Waals surface area contributed by atoms with Crippen LogP contribution in [0.3, 0.4) is 0 Å². The molecule has 2 N–H and O–H groups in total. The van der Waals surface area contributed by atoms with Crippen molar-refractivity contribution in [3.05, 3.63) is 0 Å². The zero-order valence-corrected chi connectivity index (χ0v) is 11.6. The van der Waals surface area contributed by atoms with Gasteiger partial charge in [-0.25, -0.2) is 0 Å². The molecule has 0 bridgehead atoms. The lowest BCUT2D eigenvalue weighted by Crippen LogP contribution is -2.43. The Morgan fingerprint density at radius 3 is 2.38 bits per heavy atom. The lowest BCUT2D eigenvalue weighted by molar-refractivity contribution is 0.138. The number of hydrogen-bond donors (Lipinski definition) is 1. The minimum absolute atomic E-state index is 0.264. The molecule has 1 rings (SSSR count). The van der Waals surface area contributed by atoms with Gasteiger partial charge in [0.05, 0.1) is 0 Å². The quantitative estimate of drug-likeness (QED) is 0.754. The summed E-state index contributed by atoms with van der Waals surface area (Å²) in [5.74, 6) is 0.972. The maximum atomic E-state index is 5.83. The van der Waals surface area contributed by atoms with Crippen molar-refractivity contribution in [2.75, 3.05) is 19.6 Å². The first-order chi connectivity index (χ1) is 7.52. The van der Waals surface area contributed by atoms with Gasteiger partial charge in [0, 0.05) is 12.6 Å². The highest BCUT2D eigenvalue weighted by Gasteiger charge is 2.30. The molecule has 16 heavy (non-hydrogen) atoms. The van der Waals surface area contributed by atoms with Crippen LogP contribution in [0.5, 0.6) is 0 Å². The van der Waals surface area contributed by atoms with Crippen LogP contribution in [0, 0.1) is 11.3 Å². The summed E-state index contributed by atoms with van der Waals surface area (Å²) in [7, 11) is 0. The van der Waals surface area contributed by atoms with Gasteiger partial charge in [-0.3, -0.25) is 0 Å². The molecule has 0 aromatic rings. The third kappa shape index (κ3) is 3.74. The highest BCUT2D eigenvalue weighted by Crippen LogP contribution is 2.32. The summed E-state index contributed by atoms with van der Waals surface area (Å²) >= 11 is 0. The number of nitrogens with two attached hydrogens (primary N) is 1. The van der Waals surface area contributed by atoms with Crippen LogP contribution in [0.2, 0.25) is 0 Å². The summed E-state index contributed by atoms with van der Waals surface area (Å²) in [4.78, 5) is 2.66. The summed E-state index contributed by atoms with van der Waals surface area (Å²) < 4.78 is 0. The maximum Gasteiger partial charge on any atom is 0.00981 e. The second-order valence-electron chi connectivity index (χ2n) is 6.17. The Labute approximate surface area is 102 Å². The molecule has 0 aromatic heterocycles. The average molecular weight is 226 g/mol. The first-order valence-electron chi connectivity index (χ1n) is 6.96. The fourth-order valence-electron chi connectivity index (χ4n) is 2.86. The fourth-order valence-corrected chi connectivity index (χ4v) is 2.86. The summed E-state index contributed by atoms with van der Waals surface area (Å²) in [6.07, 6.45) is 5.59. The Bertz CT molecular complexity index is 201. The lowest BCUT2D eigenvalue weighted by atomic mass is 9.92. The van der Waals surface area contributed by atoms with Crippen LogP contribution in [-0.2, 0) is 0 Å². The maximum absolute atomic E-state index is 5.83. The molecule has 1 saturated carbocycles. The smallest absolute Gasteiger partial charge is 0.00981 e. The van der Waals surface area contributed by atoms with Crippen molar-refractivity contribution in [3.63, 3.8) is 0 Å². The first-order valence-corrected chi connectivity index (χ1v) is 6.96. The van der Waals surface area contributed by atoms with Gasteiger partial charge < -0.3 is 10.6 Å². The minimum Gasteiger partial charge on any atom is -0.330 e. The van der Waals surface area contributed by atoms with Crippen molar-refractivity contribution in [1.29, 1.82) is 0 Å². The van der Waals surface area contributed by atoms with E-state index in [1.54, 1.807) is 0 Å². The highest BCUT2D eigenvalue weighted by atomic mass is 15.2. The second-order valence-corrected chi connectivity index (χ2v) is 6.17. The molecule has 2 heteroatoms. The minimum atomic E-state index is 0.264. The molecular formula is C14H30N2. The average Bonchev–Trinajstić information content (AvgIpc) is 2.74. The summed E-state index contributed by atoms with van der Waals surface area (Å²) in [6.45, 7) is 12.3. The number of hydrogen-bond acceptors (Lipinski definition) is 2. The molecule has 0 radical (unpaired) electrons. The van der Waals surface area contributed by atoms with E-state index in [1.165, 1.54) is 32.2 Å². The third-order valence-electron chi connectivity index (χ3n) is 4.20. The van der Waals surface area contributed by atoms with Crippen LogP contribution in [0.15, 0.2) is 0 Å². The molecule has 0 amide bonds. The van der Waals surface area contributed by atoms with E-state index in [-0.39, 0.29) is 5.41 Å². The molecule has 2 nitrogen and oxygen atoms in total. The normalized spacial score (nSPS) is 26.6. The Kier molecular flexibility index (Phi) is 5.26. The number of rotatable bonds is 6. The van der Waals surface area contributed by atoms with Crippen LogP contribution in [0.4, 0.5) is 0 Å². The van der Waals surface area contributed by atoms with Gasteiger partial charge in [-0.05, 0) is 43.7 Å². The molecule has 2 atom stereocenters. The zero-order chi connectivity index (χ0) is 12.2. The molecule has 0 aromatic carbocycles. The van der Waals surface area contributed by atoms with E-state index in [0.29, 0.717) is 0 Å². The van der Waals surface area contributed by atoms with Gasteiger partial charge in [-0.15, -0.1) is 0 Å². The summed E-state index contributed by atoms with van der Waals surface area (Å²) in [6, 6.07) is 0.820. The first kappa shape index (κ1) is 14.0. The van der Waals surface area contributed by atoms with Crippen LogP contribution in [0.1, 0.15) is 53.4 Å². The Morgan fingerprint density at radius 1 is 1.25 bits per heavy atom. The van der Waals surface area contributed by atoms with E-state index in [1.807, 2.05) is 0 Å². The Hall–Kier alpha value is -0.0800. The van der Waals surface area contributed by atoms with Crippen LogP contribution in [-0.4, -0.2) is 30.6 Å². The molecule has 0 heterocycles. The summed E-state index contributed by atoms with van der Waals surface area (Å²) in [5.41, 5.74) is 6.10. The van der Waals surface area contributed by atoms with Gasteiger partial charge in [0.1, 0.15) is 0 Å². The van der Waals surface area contributed by atoms with Crippen molar-refractivity contribution in [2.24, 2.45) is 17.1 Å². The van der Waals surface area contributed by atoms with E-state index in [9.17, 15) is 0 Å². The van der Waals surface area contributed by atoms with Crippen LogP contribution >= 0.6 is 0 Å². The van der Waals surface area contributed by atoms with Crippen LogP contribution in [0.25, 0.3) is 0 Å². The van der Waals surface area contributed by atoms with Crippen molar-refractivity contribution < 1.29 is 0 Å². The van der Waals surface area contributed by atoms with E-state index < -0.39 is 0 Å². The zero-order valence-electron chi connectivity index (χ0n) is 11.6. The lowest BCUT2D eigenvalue weighted by Gasteiger charge is -2.35. The Balaban J connectivity index is 2.49. The Morgan fingerprint density at radius 2 is 1.94 bits per heavy atom. The second kappa shape index (κ2) is 6.02. The molecule has 0 spiro atoms.